The summed E-state index contributed by atoms with van der Waals surface area (Å²) in [6.07, 6.45) is -4.56. The van der Waals surface area contributed by atoms with Crippen LogP contribution in [0.4, 0.5) is 13.2 Å². The molecule has 1 N–H and O–H groups in total. The number of alkyl halides is 3. The van der Waals surface area contributed by atoms with Gasteiger partial charge in [-0.1, -0.05) is 17.8 Å². The summed E-state index contributed by atoms with van der Waals surface area (Å²) in [5, 5.41) is 10.3. The Morgan fingerprint density at radius 1 is 1.14 bits per heavy atom. The first-order valence-electron chi connectivity index (χ1n) is 10.5. The molecule has 3 aromatic rings. The standard InChI is InChI=1S/C23H23F3N4O4S/c1-4-34-21(32)14(2)35-22-29-28-19(13-27-20(31)15-8-10-18(33-3)11-9-15)30(22)17-7-5-6-16(12-17)23(24,25)26/h5-12,14H,4,13H2,1-3H3,(H,27,31)/t14-/m1/s1. The van der Waals surface area contributed by atoms with Crippen molar-refractivity contribution in [1.82, 2.24) is 20.1 Å². The second-order valence-corrected chi connectivity index (χ2v) is 8.51. The normalized spacial score (nSPS) is 12.2. The molecule has 1 amide bonds. The van der Waals surface area contributed by atoms with E-state index >= 15 is 0 Å². The lowest BCUT2D eigenvalue weighted by Gasteiger charge is -2.15. The van der Waals surface area contributed by atoms with Crippen LogP contribution in [0.25, 0.3) is 5.69 Å². The number of ether oxygens (including phenoxy) is 2. The molecule has 8 nitrogen and oxygen atoms in total. The quantitative estimate of drug-likeness (QED) is 0.341. The van der Waals surface area contributed by atoms with Crippen molar-refractivity contribution >= 4 is 23.6 Å². The van der Waals surface area contributed by atoms with Crippen LogP contribution in [0.15, 0.2) is 53.7 Å². The fourth-order valence-corrected chi connectivity index (χ4v) is 3.93. The van der Waals surface area contributed by atoms with Crippen molar-refractivity contribution in [2.45, 2.75) is 37.0 Å². The predicted octanol–water partition coefficient (Wildman–Crippen LogP) is 4.27. The van der Waals surface area contributed by atoms with E-state index in [1.54, 1.807) is 38.1 Å². The Labute approximate surface area is 203 Å². The van der Waals surface area contributed by atoms with E-state index in [-0.39, 0.29) is 29.8 Å². The predicted molar refractivity (Wildman–Crippen MR) is 122 cm³/mol. The first-order chi connectivity index (χ1) is 16.6. The summed E-state index contributed by atoms with van der Waals surface area (Å²) in [4.78, 5) is 24.7. The molecule has 0 bridgehead atoms. The van der Waals surface area contributed by atoms with Gasteiger partial charge in [0.2, 0.25) is 0 Å². The van der Waals surface area contributed by atoms with Crippen LogP contribution in [-0.4, -0.2) is 45.6 Å². The number of carbonyl (C=O) groups excluding carboxylic acids is 2. The third-order valence-electron chi connectivity index (χ3n) is 4.79. The zero-order valence-electron chi connectivity index (χ0n) is 19.1. The van der Waals surface area contributed by atoms with Crippen molar-refractivity contribution in [3.8, 4) is 11.4 Å². The lowest BCUT2D eigenvalue weighted by Crippen LogP contribution is -2.24. The number of carbonyl (C=O) groups is 2. The molecule has 0 aliphatic carbocycles. The number of benzene rings is 2. The number of thioether (sulfide) groups is 1. The minimum Gasteiger partial charge on any atom is -0.497 e. The van der Waals surface area contributed by atoms with E-state index in [1.165, 1.54) is 23.8 Å². The van der Waals surface area contributed by atoms with E-state index in [4.69, 9.17) is 9.47 Å². The molecule has 2 aromatic carbocycles. The van der Waals surface area contributed by atoms with Crippen LogP contribution >= 0.6 is 11.8 Å². The van der Waals surface area contributed by atoms with E-state index in [9.17, 15) is 22.8 Å². The molecule has 1 atom stereocenters. The van der Waals surface area contributed by atoms with E-state index in [0.29, 0.717) is 11.3 Å². The average Bonchev–Trinajstić information content (AvgIpc) is 3.24. The summed E-state index contributed by atoms with van der Waals surface area (Å²) in [6, 6.07) is 11.1. The topological polar surface area (TPSA) is 95.3 Å². The van der Waals surface area contributed by atoms with Crippen molar-refractivity contribution in [2.24, 2.45) is 0 Å². The maximum Gasteiger partial charge on any atom is 0.416 e. The number of esters is 1. The second-order valence-electron chi connectivity index (χ2n) is 7.21. The first-order valence-corrected chi connectivity index (χ1v) is 11.4. The summed E-state index contributed by atoms with van der Waals surface area (Å²) in [6.45, 7) is 3.33. The Balaban J connectivity index is 1.91. The summed E-state index contributed by atoms with van der Waals surface area (Å²) < 4.78 is 51.5. The van der Waals surface area contributed by atoms with Gasteiger partial charge in [0.05, 0.1) is 31.5 Å². The molecule has 1 aromatic heterocycles. The van der Waals surface area contributed by atoms with Gasteiger partial charge in [0.15, 0.2) is 11.0 Å². The first kappa shape index (κ1) is 26.1. The zero-order chi connectivity index (χ0) is 25.6. The molecule has 1 heterocycles. The lowest BCUT2D eigenvalue weighted by molar-refractivity contribution is -0.142. The average molecular weight is 509 g/mol. The number of methoxy groups -OCH3 is 1. The van der Waals surface area contributed by atoms with E-state index < -0.39 is 28.9 Å². The highest BCUT2D eigenvalue weighted by Crippen LogP contribution is 2.32. The minimum absolute atomic E-state index is 0.123. The van der Waals surface area contributed by atoms with Crippen molar-refractivity contribution in [2.75, 3.05) is 13.7 Å². The summed E-state index contributed by atoms with van der Waals surface area (Å²) >= 11 is 0.989. The van der Waals surface area contributed by atoms with Gasteiger partial charge in [-0.3, -0.25) is 14.2 Å². The molecule has 0 aliphatic rings. The van der Waals surface area contributed by atoms with Crippen molar-refractivity contribution in [1.29, 1.82) is 0 Å². The third-order valence-corrected chi connectivity index (χ3v) is 5.81. The maximum absolute atomic E-state index is 13.3. The number of rotatable bonds is 9. The van der Waals surface area contributed by atoms with Gasteiger partial charge in [0.25, 0.3) is 5.91 Å². The number of nitrogens with zero attached hydrogens (tertiary/aromatic N) is 3. The largest absolute Gasteiger partial charge is 0.497 e. The molecular weight excluding hydrogens is 485 g/mol. The monoisotopic (exact) mass is 508 g/mol. The number of aromatic nitrogens is 3. The van der Waals surface area contributed by atoms with Gasteiger partial charge >= 0.3 is 12.1 Å². The van der Waals surface area contributed by atoms with Gasteiger partial charge in [-0.05, 0) is 56.3 Å². The zero-order valence-corrected chi connectivity index (χ0v) is 19.9. The summed E-state index contributed by atoms with van der Waals surface area (Å²) in [7, 11) is 1.51. The minimum atomic E-state index is -4.56. The molecule has 0 fully saturated rings. The highest BCUT2D eigenvalue weighted by atomic mass is 32.2. The molecule has 0 radical (unpaired) electrons. The van der Waals surface area contributed by atoms with Gasteiger partial charge in [-0.2, -0.15) is 13.2 Å². The van der Waals surface area contributed by atoms with Crippen LogP contribution in [0.2, 0.25) is 0 Å². The highest BCUT2D eigenvalue weighted by Gasteiger charge is 2.31. The number of hydrogen-bond acceptors (Lipinski definition) is 7. The van der Waals surface area contributed by atoms with Gasteiger partial charge in [0, 0.05) is 5.56 Å². The number of nitrogens with one attached hydrogen (secondary N) is 1. The van der Waals surface area contributed by atoms with E-state index in [2.05, 4.69) is 15.5 Å². The smallest absolute Gasteiger partial charge is 0.416 e. The molecule has 0 unspecified atom stereocenters. The molecular formula is C23H23F3N4O4S. The number of hydrogen-bond donors (Lipinski definition) is 1. The van der Waals surface area contributed by atoms with Gasteiger partial charge in [0.1, 0.15) is 11.0 Å². The molecule has 0 saturated heterocycles. The van der Waals surface area contributed by atoms with Crippen LogP contribution in [0.5, 0.6) is 5.75 Å². The number of amides is 1. The summed E-state index contributed by atoms with van der Waals surface area (Å²) in [5.41, 5.74) is -0.357. The van der Waals surface area contributed by atoms with Crippen LogP contribution < -0.4 is 10.1 Å². The van der Waals surface area contributed by atoms with Crippen LogP contribution in [0.3, 0.4) is 0 Å². The Morgan fingerprint density at radius 3 is 2.49 bits per heavy atom. The van der Waals surface area contributed by atoms with Crippen LogP contribution in [-0.2, 0) is 22.3 Å². The molecule has 3 rings (SSSR count). The molecule has 0 spiro atoms. The lowest BCUT2D eigenvalue weighted by atomic mass is 10.2. The Hall–Kier alpha value is -3.54. The second kappa shape index (κ2) is 11.3. The SMILES string of the molecule is CCOC(=O)[C@@H](C)Sc1nnc(CNC(=O)c2ccc(OC)cc2)n1-c1cccc(C(F)(F)F)c1. The number of halogens is 3. The third kappa shape index (κ3) is 6.53. The van der Waals surface area contributed by atoms with Crippen LogP contribution in [0.1, 0.15) is 35.6 Å². The molecule has 12 heteroatoms. The van der Waals surface area contributed by atoms with Crippen molar-refractivity contribution in [3.63, 3.8) is 0 Å². The Morgan fingerprint density at radius 2 is 1.86 bits per heavy atom. The van der Waals surface area contributed by atoms with Crippen molar-refractivity contribution < 1.29 is 32.2 Å². The van der Waals surface area contributed by atoms with Gasteiger partial charge in [-0.15, -0.1) is 10.2 Å². The molecule has 35 heavy (non-hydrogen) atoms. The van der Waals surface area contributed by atoms with E-state index in [1.807, 2.05) is 0 Å². The summed E-state index contributed by atoms with van der Waals surface area (Å²) in [5.74, 6) is -0.140. The van der Waals surface area contributed by atoms with Crippen molar-refractivity contribution in [3.05, 3.63) is 65.5 Å². The fourth-order valence-electron chi connectivity index (χ4n) is 3.04. The highest BCUT2D eigenvalue weighted by molar-refractivity contribution is 8.00. The molecule has 0 saturated carbocycles. The van der Waals surface area contributed by atoms with Gasteiger partial charge < -0.3 is 14.8 Å². The Bertz CT molecular complexity index is 1180. The molecule has 0 aliphatic heterocycles. The Kier molecular flexibility index (Phi) is 8.39. The molecule has 186 valence electrons. The maximum atomic E-state index is 13.3. The van der Waals surface area contributed by atoms with Gasteiger partial charge in [-0.25, -0.2) is 0 Å². The van der Waals surface area contributed by atoms with Crippen LogP contribution in [0, 0.1) is 0 Å². The van der Waals surface area contributed by atoms with E-state index in [0.717, 1.165) is 23.9 Å². The fraction of sp³-hybridized carbons (Fsp3) is 0.304.